The Morgan fingerprint density at radius 1 is 1.00 bits per heavy atom. The molecule has 0 amide bonds. The van der Waals surface area contributed by atoms with Gasteiger partial charge in [0.25, 0.3) is 0 Å². The number of nitrogens with zero attached hydrogens (tertiary/aromatic N) is 4. The van der Waals surface area contributed by atoms with Crippen LogP contribution in [0.2, 0.25) is 10.0 Å². The number of halogens is 2. The summed E-state index contributed by atoms with van der Waals surface area (Å²) in [5.74, 6) is 0.762. The number of piperazine rings is 1. The number of benzene rings is 2. The molecule has 0 unspecified atom stereocenters. The zero-order valence-corrected chi connectivity index (χ0v) is 17.8. The SMILES string of the molecule is C=CS(=O)(=O)N1CCN(c2ncnc3cc(Cl)c(-c4ccc(Cl)cc4)cc23)CC1. The van der Waals surface area contributed by atoms with E-state index in [0.717, 1.165) is 33.3 Å². The fourth-order valence-corrected chi connectivity index (χ4v) is 4.70. The monoisotopic (exact) mass is 448 g/mol. The molecular formula is C20H18Cl2N4O2S. The maximum Gasteiger partial charge on any atom is 0.235 e. The second-order valence-electron chi connectivity index (χ2n) is 6.65. The summed E-state index contributed by atoms with van der Waals surface area (Å²) in [6, 6.07) is 11.3. The minimum atomic E-state index is -3.41. The largest absolute Gasteiger partial charge is 0.353 e. The normalized spacial score (nSPS) is 15.6. The molecule has 1 aliphatic heterocycles. The van der Waals surface area contributed by atoms with Gasteiger partial charge in [0.1, 0.15) is 12.1 Å². The minimum Gasteiger partial charge on any atom is -0.353 e. The third-order valence-corrected chi connectivity index (χ3v) is 7.04. The Morgan fingerprint density at radius 3 is 2.34 bits per heavy atom. The lowest BCUT2D eigenvalue weighted by atomic mass is 10.0. The number of aromatic nitrogens is 2. The lowest BCUT2D eigenvalue weighted by molar-refractivity contribution is 0.389. The van der Waals surface area contributed by atoms with Crippen LogP contribution < -0.4 is 4.90 Å². The van der Waals surface area contributed by atoms with Crippen LogP contribution >= 0.6 is 23.2 Å². The molecule has 0 aliphatic carbocycles. The summed E-state index contributed by atoms with van der Waals surface area (Å²) in [5, 5.41) is 3.10. The average Bonchev–Trinajstić information content (AvgIpc) is 2.73. The lowest BCUT2D eigenvalue weighted by Crippen LogP contribution is -2.48. The quantitative estimate of drug-likeness (QED) is 0.598. The summed E-state index contributed by atoms with van der Waals surface area (Å²) in [7, 11) is -3.41. The molecule has 1 saturated heterocycles. The molecule has 0 bridgehead atoms. The van der Waals surface area contributed by atoms with Gasteiger partial charge >= 0.3 is 0 Å². The first kappa shape index (κ1) is 20.1. The Kier molecular flexibility index (Phi) is 5.48. The summed E-state index contributed by atoms with van der Waals surface area (Å²) in [6.45, 7) is 5.19. The molecular weight excluding hydrogens is 431 g/mol. The van der Waals surface area contributed by atoms with E-state index in [2.05, 4.69) is 21.4 Å². The van der Waals surface area contributed by atoms with E-state index in [-0.39, 0.29) is 0 Å². The number of fused-ring (bicyclic) bond motifs is 1. The van der Waals surface area contributed by atoms with Crippen LogP contribution in [0.1, 0.15) is 0 Å². The van der Waals surface area contributed by atoms with Crippen LogP contribution in [0.15, 0.2) is 54.7 Å². The maximum atomic E-state index is 12.0. The molecule has 4 rings (SSSR count). The molecule has 2 heterocycles. The van der Waals surface area contributed by atoms with Crippen LogP contribution in [0, 0.1) is 0 Å². The van der Waals surface area contributed by atoms with Crippen LogP contribution in [0.4, 0.5) is 5.82 Å². The van der Waals surface area contributed by atoms with Gasteiger partial charge in [0.2, 0.25) is 10.0 Å². The van der Waals surface area contributed by atoms with E-state index in [1.165, 1.54) is 10.6 Å². The molecule has 1 aliphatic rings. The van der Waals surface area contributed by atoms with Crippen molar-refractivity contribution in [1.29, 1.82) is 0 Å². The van der Waals surface area contributed by atoms with Crippen LogP contribution in [-0.2, 0) is 10.0 Å². The molecule has 29 heavy (non-hydrogen) atoms. The van der Waals surface area contributed by atoms with Crippen LogP contribution in [0.5, 0.6) is 0 Å². The molecule has 0 atom stereocenters. The maximum absolute atomic E-state index is 12.0. The minimum absolute atomic E-state index is 0.373. The smallest absolute Gasteiger partial charge is 0.235 e. The van der Waals surface area contributed by atoms with Gasteiger partial charge in [0.05, 0.1) is 10.5 Å². The molecule has 1 fully saturated rings. The molecule has 1 aromatic heterocycles. The van der Waals surface area contributed by atoms with Crippen LogP contribution in [0.3, 0.4) is 0 Å². The Bertz CT molecular complexity index is 1180. The van der Waals surface area contributed by atoms with Crippen molar-refractivity contribution in [3.63, 3.8) is 0 Å². The van der Waals surface area contributed by atoms with E-state index in [9.17, 15) is 8.42 Å². The fraction of sp³-hybridized carbons (Fsp3) is 0.200. The van der Waals surface area contributed by atoms with Gasteiger partial charge < -0.3 is 4.90 Å². The van der Waals surface area contributed by atoms with Gasteiger partial charge in [-0.25, -0.2) is 18.4 Å². The van der Waals surface area contributed by atoms with Gasteiger partial charge in [-0.3, -0.25) is 0 Å². The Morgan fingerprint density at radius 2 is 1.69 bits per heavy atom. The van der Waals surface area contributed by atoms with Gasteiger partial charge in [-0.15, -0.1) is 0 Å². The highest BCUT2D eigenvalue weighted by molar-refractivity contribution is 7.92. The van der Waals surface area contributed by atoms with Gasteiger partial charge in [-0.1, -0.05) is 41.9 Å². The molecule has 6 nitrogen and oxygen atoms in total. The van der Waals surface area contributed by atoms with Crippen molar-refractivity contribution in [2.24, 2.45) is 0 Å². The predicted octanol–water partition coefficient (Wildman–Crippen LogP) is 4.20. The average molecular weight is 449 g/mol. The molecule has 150 valence electrons. The van der Waals surface area contributed by atoms with Gasteiger partial charge in [-0.2, -0.15) is 4.31 Å². The first-order valence-electron chi connectivity index (χ1n) is 8.97. The van der Waals surface area contributed by atoms with Crippen molar-refractivity contribution in [3.8, 4) is 11.1 Å². The van der Waals surface area contributed by atoms with E-state index >= 15 is 0 Å². The number of sulfonamides is 1. The van der Waals surface area contributed by atoms with Crippen molar-refractivity contribution >= 4 is 49.9 Å². The third-order valence-electron chi connectivity index (χ3n) is 4.97. The van der Waals surface area contributed by atoms with Crippen LogP contribution in [0.25, 0.3) is 22.0 Å². The molecule has 0 spiro atoms. The van der Waals surface area contributed by atoms with Gasteiger partial charge in [0.15, 0.2) is 0 Å². The molecule has 0 radical (unpaired) electrons. The number of rotatable bonds is 4. The summed E-state index contributed by atoms with van der Waals surface area (Å²) >= 11 is 12.5. The Hall–Kier alpha value is -2.19. The van der Waals surface area contributed by atoms with E-state index in [0.29, 0.717) is 36.2 Å². The highest BCUT2D eigenvalue weighted by Gasteiger charge is 2.26. The standard InChI is InChI=1S/C20H18Cl2N4O2S/c1-2-29(27,28)26-9-7-25(8-10-26)20-17-11-16(14-3-5-15(21)6-4-14)18(22)12-19(17)23-13-24-20/h2-6,11-13H,1,7-10H2. The van der Waals surface area contributed by atoms with Crippen molar-refractivity contribution < 1.29 is 8.42 Å². The van der Waals surface area contributed by atoms with E-state index in [1.807, 2.05) is 36.4 Å². The zero-order chi connectivity index (χ0) is 20.6. The van der Waals surface area contributed by atoms with Gasteiger partial charge in [-0.05, 0) is 29.8 Å². The van der Waals surface area contributed by atoms with Crippen molar-refractivity contribution in [2.45, 2.75) is 0 Å². The number of anilines is 1. The van der Waals surface area contributed by atoms with Crippen LogP contribution in [-0.4, -0.2) is 48.9 Å². The molecule has 2 aromatic carbocycles. The Balaban J connectivity index is 1.71. The summed E-state index contributed by atoms with van der Waals surface area (Å²) < 4.78 is 25.5. The first-order chi connectivity index (χ1) is 13.9. The van der Waals surface area contributed by atoms with E-state index < -0.39 is 10.0 Å². The molecule has 3 aromatic rings. The Labute approximate surface area is 179 Å². The number of hydrogen-bond donors (Lipinski definition) is 0. The van der Waals surface area contributed by atoms with Gasteiger partial charge in [0, 0.05) is 47.6 Å². The van der Waals surface area contributed by atoms with Crippen molar-refractivity contribution in [2.75, 3.05) is 31.1 Å². The third kappa shape index (κ3) is 3.96. The summed E-state index contributed by atoms with van der Waals surface area (Å²) in [6.07, 6.45) is 1.50. The van der Waals surface area contributed by atoms with Crippen molar-refractivity contribution in [1.82, 2.24) is 14.3 Å². The fourth-order valence-electron chi connectivity index (χ4n) is 3.43. The topological polar surface area (TPSA) is 66.4 Å². The molecule has 0 N–H and O–H groups in total. The van der Waals surface area contributed by atoms with E-state index in [4.69, 9.17) is 23.2 Å². The zero-order valence-electron chi connectivity index (χ0n) is 15.4. The second kappa shape index (κ2) is 7.91. The summed E-state index contributed by atoms with van der Waals surface area (Å²) in [4.78, 5) is 10.9. The summed E-state index contributed by atoms with van der Waals surface area (Å²) in [5.41, 5.74) is 2.54. The molecule has 0 saturated carbocycles. The van der Waals surface area contributed by atoms with E-state index in [1.54, 1.807) is 0 Å². The molecule has 9 heteroatoms. The van der Waals surface area contributed by atoms with Crippen molar-refractivity contribution in [3.05, 3.63) is 64.8 Å². The number of hydrogen-bond acceptors (Lipinski definition) is 5. The highest BCUT2D eigenvalue weighted by atomic mass is 35.5. The first-order valence-corrected chi connectivity index (χ1v) is 11.2. The highest BCUT2D eigenvalue weighted by Crippen LogP contribution is 2.35. The predicted molar refractivity (Wildman–Crippen MR) is 118 cm³/mol. The lowest BCUT2D eigenvalue weighted by Gasteiger charge is -2.34. The second-order valence-corrected chi connectivity index (χ2v) is 9.37.